The van der Waals surface area contributed by atoms with Crippen molar-refractivity contribution in [3.8, 4) is 5.69 Å². The minimum absolute atomic E-state index is 0.170. The number of nitrogens with zero attached hydrogens (tertiary/aromatic N) is 4. The second kappa shape index (κ2) is 8.78. The van der Waals surface area contributed by atoms with E-state index in [1.54, 1.807) is 42.5 Å². The van der Waals surface area contributed by atoms with Crippen LogP contribution >= 0.6 is 11.6 Å². The van der Waals surface area contributed by atoms with E-state index >= 15 is 0 Å². The van der Waals surface area contributed by atoms with E-state index in [2.05, 4.69) is 15.4 Å². The molecule has 1 N–H and O–H groups in total. The van der Waals surface area contributed by atoms with Crippen molar-refractivity contribution in [2.75, 3.05) is 18.4 Å². The van der Waals surface area contributed by atoms with E-state index in [0.717, 1.165) is 5.56 Å². The zero-order valence-corrected chi connectivity index (χ0v) is 18.5. The first-order valence-corrected chi connectivity index (χ1v) is 11.7. The fourth-order valence-electron chi connectivity index (χ4n) is 3.63. The number of hydrogen-bond donors (Lipinski definition) is 1. The average Bonchev–Trinajstić information content (AvgIpc) is 3.28. The number of carbonyl (C=O) groups excluding carboxylic acids is 1. The van der Waals surface area contributed by atoms with Crippen LogP contribution in [0.1, 0.15) is 18.4 Å². The van der Waals surface area contributed by atoms with Crippen molar-refractivity contribution in [2.45, 2.75) is 24.7 Å². The zero-order valence-electron chi connectivity index (χ0n) is 16.9. The maximum atomic E-state index is 12.9. The van der Waals surface area contributed by atoms with Crippen LogP contribution in [0.5, 0.6) is 0 Å². The number of aromatic nitrogens is 3. The lowest BCUT2D eigenvalue weighted by molar-refractivity contribution is -0.120. The summed E-state index contributed by atoms with van der Waals surface area (Å²) in [6.07, 6.45) is 3.77. The molecule has 10 heteroatoms. The average molecular weight is 460 g/mol. The molecule has 0 saturated carbocycles. The van der Waals surface area contributed by atoms with Crippen molar-refractivity contribution >= 4 is 33.2 Å². The molecular weight excluding hydrogens is 438 g/mol. The highest BCUT2D eigenvalue weighted by Crippen LogP contribution is 2.30. The molecule has 1 aliphatic rings. The van der Waals surface area contributed by atoms with Gasteiger partial charge in [0.2, 0.25) is 15.9 Å². The summed E-state index contributed by atoms with van der Waals surface area (Å²) in [4.78, 5) is 17.1. The van der Waals surface area contributed by atoms with Crippen LogP contribution in [0, 0.1) is 12.8 Å². The molecule has 4 rings (SSSR count). The molecule has 0 bridgehead atoms. The fraction of sp³-hybridized carbons (Fsp3) is 0.286. The van der Waals surface area contributed by atoms with Crippen LogP contribution in [0.15, 0.2) is 60.0 Å². The van der Waals surface area contributed by atoms with Crippen molar-refractivity contribution in [1.82, 2.24) is 19.1 Å². The van der Waals surface area contributed by atoms with Crippen LogP contribution in [0.3, 0.4) is 0 Å². The van der Waals surface area contributed by atoms with Crippen LogP contribution in [0.25, 0.3) is 5.69 Å². The lowest BCUT2D eigenvalue weighted by Gasteiger charge is -2.30. The molecule has 162 valence electrons. The smallest absolute Gasteiger partial charge is 0.243 e. The maximum absolute atomic E-state index is 12.9. The van der Waals surface area contributed by atoms with Gasteiger partial charge in [0.1, 0.15) is 18.3 Å². The van der Waals surface area contributed by atoms with E-state index in [1.165, 1.54) is 21.6 Å². The van der Waals surface area contributed by atoms with Crippen molar-refractivity contribution < 1.29 is 13.2 Å². The van der Waals surface area contributed by atoms with Gasteiger partial charge in [0.25, 0.3) is 0 Å². The van der Waals surface area contributed by atoms with E-state index in [9.17, 15) is 13.2 Å². The molecule has 1 saturated heterocycles. The summed E-state index contributed by atoms with van der Waals surface area (Å²) in [7, 11) is -3.56. The largest absolute Gasteiger partial charge is 0.324 e. The number of anilines is 1. The number of sulfonamides is 1. The van der Waals surface area contributed by atoms with Gasteiger partial charge in [-0.1, -0.05) is 35.4 Å². The normalized spacial score (nSPS) is 15.7. The zero-order chi connectivity index (χ0) is 22.0. The van der Waals surface area contributed by atoms with E-state index < -0.39 is 10.0 Å². The third-order valence-electron chi connectivity index (χ3n) is 5.38. The van der Waals surface area contributed by atoms with E-state index in [-0.39, 0.29) is 16.7 Å². The van der Waals surface area contributed by atoms with E-state index in [4.69, 9.17) is 11.6 Å². The Labute approximate surface area is 185 Å². The molecule has 0 unspecified atom stereocenters. The highest BCUT2D eigenvalue weighted by molar-refractivity contribution is 7.89. The molecule has 0 atom stereocenters. The van der Waals surface area contributed by atoms with E-state index in [0.29, 0.717) is 42.3 Å². The molecule has 1 fully saturated rings. The number of hydrogen-bond acceptors (Lipinski definition) is 5. The number of aryl methyl sites for hydroxylation is 1. The molecule has 0 radical (unpaired) electrons. The third-order valence-corrected chi connectivity index (χ3v) is 7.59. The lowest BCUT2D eigenvalue weighted by atomic mass is 9.97. The maximum Gasteiger partial charge on any atom is 0.243 e. The summed E-state index contributed by atoms with van der Waals surface area (Å²) < 4.78 is 28.7. The van der Waals surface area contributed by atoms with Crippen LogP contribution in [0.2, 0.25) is 5.02 Å². The molecule has 1 aliphatic heterocycles. The monoisotopic (exact) mass is 459 g/mol. The van der Waals surface area contributed by atoms with Crippen LogP contribution in [-0.2, 0) is 14.8 Å². The number of amides is 1. The first-order valence-electron chi connectivity index (χ1n) is 9.87. The molecule has 2 heterocycles. The topological polar surface area (TPSA) is 97.2 Å². The number of para-hydroxylation sites is 1. The second-order valence-corrected chi connectivity index (χ2v) is 9.80. The SMILES string of the molecule is Cc1ccc(S(=O)(=O)N2CCC(C(=O)Nc3cccc(Cl)c3-n3cncn3)CC2)cc1. The number of halogens is 1. The van der Waals surface area contributed by atoms with Gasteiger partial charge in [-0.3, -0.25) is 4.79 Å². The Morgan fingerprint density at radius 2 is 1.84 bits per heavy atom. The first kappa shape index (κ1) is 21.5. The van der Waals surface area contributed by atoms with Crippen LogP contribution in [0.4, 0.5) is 5.69 Å². The number of nitrogens with one attached hydrogen (secondary N) is 1. The lowest BCUT2D eigenvalue weighted by Crippen LogP contribution is -2.41. The summed E-state index contributed by atoms with van der Waals surface area (Å²) in [6, 6.07) is 12.0. The van der Waals surface area contributed by atoms with Gasteiger partial charge < -0.3 is 5.32 Å². The number of benzene rings is 2. The van der Waals surface area contributed by atoms with Crippen molar-refractivity contribution in [1.29, 1.82) is 0 Å². The fourth-order valence-corrected chi connectivity index (χ4v) is 5.36. The molecule has 0 aliphatic carbocycles. The van der Waals surface area contributed by atoms with Gasteiger partial charge in [-0.05, 0) is 44.0 Å². The van der Waals surface area contributed by atoms with Gasteiger partial charge in [-0.15, -0.1) is 0 Å². The number of piperidine rings is 1. The summed E-state index contributed by atoms with van der Waals surface area (Å²) in [6.45, 7) is 2.49. The molecular formula is C21H22ClN5O3S. The summed E-state index contributed by atoms with van der Waals surface area (Å²) in [5, 5.41) is 7.45. The Morgan fingerprint density at radius 1 is 1.13 bits per heavy atom. The third kappa shape index (κ3) is 4.48. The van der Waals surface area contributed by atoms with Gasteiger partial charge >= 0.3 is 0 Å². The molecule has 31 heavy (non-hydrogen) atoms. The standard InChI is InChI=1S/C21H22ClN5O3S/c1-15-5-7-17(8-6-15)31(29,30)26-11-9-16(10-12-26)21(28)25-19-4-2-3-18(22)20(19)27-14-23-13-24-27/h2-8,13-14,16H,9-12H2,1H3,(H,25,28). The minimum atomic E-state index is -3.56. The Bertz CT molecular complexity index is 1170. The summed E-state index contributed by atoms with van der Waals surface area (Å²) >= 11 is 6.31. The van der Waals surface area contributed by atoms with Gasteiger partial charge in [0, 0.05) is 19.0 Å². The molecule has 8 nitrogen and oxygen atoms in total. The van der Waals surface area contributed by atoms with Crippen LogP contribution < -0.4 is 5.32 Å². The first-order chi connectivity index (χ1) is 14.9. The van der Waals surface area contributed by atoms with Crippen molar-refractivity contribution in [3.05, 3.63) is 65.7 Å². The van der Waals surface area contributed by atoms with Crippen LogP contribution in [-0.4, -0.2) is 46.5 Å². The van der Waals surface area contributed by atoms with Gasteiger partial charge in [0.05, 0.1) is 15.6 Å². The Kier molecular flexibility index (Phi) is 6.08. The Balaban J connectivity index is 1.44. The van der Waals surface area contributed by atoms with Crippen molar-refractivity contribution in [2.24, 2.45) is 5.92 Å². The molecule has 0 spiro atoms. The van der Waals surface area contributed by atoms with Crippen molar-refractivity contribution in [3.63, 3.8) is 0 Å². The number of rotatable bonds is 5. The minimum Gasteiger partial charge on any atom is -0.324 e. The number of carbonyl (C=O) groups is 1. The predicted octanol–water partition coefficient (Wildman–Crippen LogP) is 3.27. The highest BCUT2D eigenvalue weighted by Gasteiger charge is 2.32. The summed E-state index contributed by atoms with van der Waals surface area (Å²) in [5.41, 5.74) is 2.06. The quantitative estimate of drug-likeness (QED) is 0.631. The predicted molar refractivity (Wildman–Crippen MR) is 118 cm³/mol. The molecule has 1 aromatic heterocycles. The second-order valence-electron chi connectivity index (χ2n) is 7.46. The molecule has 1 amide bonds. The summed E-state index contributed by atoms with van der Waals surface area (Å²) in [5.74, 6) is -0.469. The van der Waals surface area contributed by atoms with E-state index in [1.807, 2.05) is 6.92 Å². The molecule has 2 aromatic carbocycles. The van der Waals surface area contributed by atoms with Gasteiger partial charge in [-0.25, -0.2) is 18.1 Å². The molecule has 3 aromatic rings. The highest BCUT2D eigenvalue weighted by atomic mass is 35.5. The van der Waals surface area contributed by atoms with Gasteiger partial charge in [0.15, 0.2) is 0 Å². The Morgan fingerprint density at radius 3 is 2.48 bits per heavy atom. The van der Waals surface area contributed by atoms with Gasteiger partial charge in [-0.2, -0.15) is 9.40 Å². The Hall–Kier alpha value is -2.75.